The van der Waals surface area contributed by atoms with Crippen LogP contribution in [0.4, 0.5) is 5.69 Å². The van der Waals surface area contributed by atoms with Gasteiger partial charge in [-0.05, 0) is 65.3 Å². The maximum atomic E-state index is 12.2. The summed E-state index contributed by atoms with van der Waals surface area (Å²) in [6.07, 6.45) is 1.23. The number of hydrazone groups is 1. The fourth-order valence-electron chi connectivity index (χ4n) is 2.42. The Bertz CT molecular complexity index is 1050. The number of carbonyl (C=O) groups is 1. The summed E-state index contributed by atoms with van der Waals surface area (Å²) in [5.41, 5.74) is 4.18. The van der Waals surface area contributed by atoms with Crippen molar-refractivity contribution in [3.8, 4) is 11.5 Å². The second-order valence-corrected chi connectivity index (χ2v) is 6.89. The van der Waals surface area contributed by atoms with Crippen LogP contribution >= 0.6 is 15.9 Å². The van der Waals surface area contributed by atoms with Gasteiger partial charge in [-0.25, -0.2) is 5.43 Å². The Labute approximate surface area is 175 Å². The van der Waals surface area contributed by atoms with Crippen molar-refractivity contribution in [3.05, 3.63) is 92.8 Å². The molecule has 0 spiro atoms. The van der Waals surface area contributed by atoms with E-state index in [1.54, 1.807) is 24.3 Å². The van der Waals surface area contributed by atoms with Crippen LogP contribution in [0.3, 0.4) is 0 Å². The number of hydrogen-bond donors (Lipinski definition) is 2. The number of ether oxygens (including phenoxy) is 1. The van der Waals surface area contributed by atoms with Gasteiger partial charge in [0.1, 0.15) is 23.8 Å². The number of phenolic OH excluding ortho intramolecular Hbond substituents is 1. The first-order chi connectivity index (χ1) is 14.0. The van der Waals surface area contributed by atoms with Crippen molar-refractivity contribution in [1.82, 2.24) is 5.43 Å². The molecule has 0 aliphatic heterocycles. The van der Waals surface area contributed by atoms with E-state index in [1.165, 1.54) is 24.4 Å². The van der Waals surface area contributed by atoms with Crippen molar-refractivity contribution in [2.75, 3.05) is 0 Å². The zero-order chi connectivity index (χ0) is 20.6. The quantitative estimate of drug-likeness (QED) is 0.302. The molecule has 0 saturated carbocycles. The first-order valence-electron chi connectivity index (χ1n) is 8.52. The van der Waals surface area contributed by atoms with Gasteiger partial charge in [0.2, 0.25) is 0 Å². The van der Waals surface area contributed by atoms with Gasteiger partial charge in [0.15, 0.2) is 0 Å². The molecule has 146 valence electrons. The molecule has 29 heavy (non-hydrogen) atoms. The van der Waals surface area contributed by atoms with Gasteiger partial charge in [-0.2, -0.15) is 5.10 Å². The molecule has 7 nitrogen and oxygen atoms in total. The fraction of sp³-hybridized carbons (Fsp3) is 0.0476. The third-order valence-corrected chi connectivity index (χ3v) is 4.39. The highest BCUT2D eigenvalue weighted by atomic mass is 79.9. The number of aromatic hydroxyl groups is 1. The second kappa shape index (κ2) is 9.61. The predicted molar refractivity (Wildman–Crippen MR) is 114 cm³/mol. The number of halogens is 1. The maximum absolute atomic E-state index is 12.2. The first kappa shape index (κ1) is 20.2. The summed E-state index contributed by atoms with van der Waals surface area (Å²) in [6, 6.07) is 18.5. The third kappa shape index (κ3) is 5.73. The van der Waals surface area contributed by atoms with Crippen LogP contribution in [-0.2, 0) is 6.61 Å². The number of carbonyl (C=O) groups excluding carboxylic acids is 1. The van der Waals surface area contributed by atoms with Gasteiger partial charge in [0.25, 0.3) is 5.91 Å². The second-order valence-electron chi connectivity index (χ2n) is 5.98. The van der Waals surface area contributed by atoms with E-state index in [4.69, 9.17) is 4.74 Å². The molecular weight excluding hydrogens is 438 g/mol. The van der Waals surface area contributed by atoms with E-state index in [9.17, 15) is 14.8 Å². The van der Waals surface area contributed by atoms with E-state index in [-0.39, 0.29) is 17.0 Å². The summed E-state index contributed by atoms with van der Waals surface area (Å²) >= 11 is 3.42. The summed E-state index contributed by atoms with van der Waals surface area (Å²) < 4.78 is 6.69. The number of hydrogen-bond acceptors (Lipinski definition) is 6. The highest BCUT2D eigenvalue weighted by Crippen LogP contribution is 2.21. The molecule has 3 aromatic rings. The number of benzene rings is 3. The lowest BCUT2D eigenvalue weighted by Crippen LogP contribution is -2.17. The summed E-state index contributed by atoms with van der Waals surface area (Å²) in [5.74, 6) is 0.124. The number of nitrogens with one attached hydrogen (secondary N) is 1. The van der Waals surface area contributed by atoms with Crippen LogP contribution in [0.2, 0.25) is 0 Å². The van der Waals surface area contributed by atoms with Crippen molar-refractivity contribution in [1.29, 1.82) is 0 Å². The van der Waals surface area contributed by atoms with Gasteiger partial charge in [0.05, 0.1) is 6.21 Å². The molecule has 0 atom stereocenters. The van der Waals surface area contributed by atoms with E-state index < -0.39 is 5.91 Å². The minimum absolute atomic E-state index is 0.0812. The smallest absolute Gasteiger partial charge is 0.271 e. The van der Waals surface area contributed by atoms with E-state index in [0.29, 0.717) is 17.9 Å². The van der Waals surface area contributed by atoms with Crippen LogP contribution in [0.15, 0.2) is 81.5 Å². The Hall–Kier alpha value is -3.52. The normalized spacial score (nSPS) is 10.7. The summed E-state index contributed by atoms with van der Waals surface area (Å²) in [4.78, 5) is 22.7. The van der Waals surface area contributed by atoms with Gasteiger partial charge >= 0.3 is 0 Å². The molecule has 8 heteroatoms. The number of phenols is 1. The van der Waals surface area contributed by atoms with Crippen LogP contribution in [0.25, 0.3) is 0 Å². The number of nitroso groups, excluding NO2 is 1. The molecule has 2 N–H and O–H groups in total. The Balaban J connectivity index is 1.57. The summed E-state index contributed by atoms with van der Waals surface area (Å²) in [6.45, 7) is 0.410. The van der Waals surface area contributed by atoms with Crippen LogP contribution in [0.5, 0.6) is 11.5 Å². The molecule has 3 rings (SSSR count). The number of nitrogens with zero attached hydrogens (tertiary/aromatic N) is 2. The minimum atomic E-state index is -0.427. The molecule has 3 aromatic carbocycles. The van der Waals surface area contributed by atoms with Crippen molar-refractivity contribution in [2.45, 2.75) is 6.61 Å². The Morgan fingerprint density at radius 1 is 1.10 bits per heavy atom. The molecule has 1 amide bonds. The van der Waals surface area contributed by atoms with Crippen LogP contribution in [-0.4, -0.2) is 17.2 Å². The van der Waals surface area contributed by atoms with Crippen molar-refractivity contribution in [3.63, 3.8) is 0 Å². The average Bonchev–Trinajstić information content (AvgIpc) is 2.74. The Kier molecular flexibility index (Phi) is 6.70. The van der Waals surface area contributed by atoms with E-state index in [0.717, 1.165) is 10.0 Å². The first-order valence-corrected chi connectivity index (χ1v) is 9.31. The molecule has 0 bridgehead atoms. The van der Waals surface area contributed by atoms with Gasteiger partial charge in [-0.15, -0.1) is 4.91 Å². The molecule has 0 aliphatic carbocycles. The van der Waals surface area contributed by atoms with E-state index in [2.05, 4.69) is 31.6 Å². The van der Waals surface area contributed by atoms with Crippen molar-refractivity contribution in [2.24, 2.45) is 10.3 Å². The molecular formula is C21H16BrN3O4. The molecule has 0 heterocycles. The molecule has 0 saturated heterocycles. The molecule has 0 unspecified atom stereocenters. The zero-order valence-electron chi connectivity index (χ0n) is 15.1. The molecule has 0 radical (unpaired) electrons. The lowest BCUT2D eigenvalue weighted by molar-refractivity contribution is 0.0955. The molecule has 0 fully saturated rings. The van der Waals surface area contributed by atoms with E-state index >= 15 is 0 Å². The Morgan fingerprint density at radius 2 is 1.90 bits per heavy atom. The predicted octanol–water partition coefficient (Wildman–Crippen LogP) is 4.90. The van der Waals surface area contributed by atoms with Gasteiger partial charge in [-0.1, -0.05) is 28.1 Å². The maximum Gasteiger partial charge on any atom is 0.271 e. The standard InChI is InChI=1S/C21H16BrN3O4/c22-17-3-1-2-14(10-17)13-29-19-7-4-15(5-8-19)21(27)24-23-12-16-11-18(25-28)6-9-20(16)26/h1-12,26H,13H2,(H,24,27)/b23-12+. The van der Waals surface area contributed by atoms with E-state index in [1.807, 2.05) is 24.3 Å². The van der Waals surface area contributed by atoms with Crippen molar-refractivity contribution >= 4 is 33.7 Å². The lowest BCUT2D eigenvalue weighted by Gasteiger charge is -2.07. The molecule has 0 aromatic heterocycles. The van der Waals surface area contributed by atoms with Crippen LogP contribution < -0.4 is 10.2 Å². The SMILES string of the molecule is O=Nc1ccc(O)c(/C=N/NC(=O)c2ccc(OCc3cccc(Br)c3)cc2)c1. The fourth-order valence-corrected chi connectivity index (χ4v) is 2.87. The highest BCUT2D eigenvalue weighted by molar-refractivity contribution is 9.10. The lowest BCUT2D eigenvalue weighted by atomic mass is 10.2. The van der Waals surface area contributed by atoms with Gasteiger partial charge < -0.3 is 9.84 Å². The average molecular weight is 454 g/mol. The monoisotopic (exact) mass is 453 g/mol. The number of amides is 1. The topological polar surface area (TPSA) is 100 Å². The van der Waals surface area contributed by atoms with Gasteiger partial charge in [-0.3, -0.25) is 4.79 Å². The van der Waals surface area contributed by atoms with Crippen LogP contribution in [0, 0.1) is 4.91 Å². The van der Waals surface area contributed by atoms with Crippen molar-refractivity contribution < 1.29 is 14.6 Å². The third-order valence-electron chi connectivity index (χ3n) is 3.90. The summed E-state index contributed by atoms with van der Waals surface area (Å²) in [5, 5.41) is 16.3. The largest absolute Gasteiger partial charge is 0.507 e. The van der Waals surface area contributed by atoms with Crippen LogP contribution in [0.1, 0.15) is 21.5 Å². The minimum Gasteiger partial charge on any atom is -0.507 e. The number of rotatable bonds is 7. The summed E-state index contributed by atoms with van der Waals surface area (Å²) in [7, 11) is 0. The van der Waals surface area contributed by atoms with Gasteiger partial charge in [0, 0.05) is 15.6 Å². The molecule has 0 aliphatic rings. The Morgan fingerprint density at radius 3 is 2.62 bits per heavy atom. The zero-order valence-corrected chi connectivity index (χ0v) is 16.7. The highest BCUT2D eigenvalue weighted by Gasteiger charge is 2.06.